The molecule has 0 saturated heterocycles. The lowest BCUT2D eigenvalue weighted by Crippen LogP contribution is -2.23. The first-order valence-corrected chi connectivity index (χ1v) is 7.63. The number of hydrogen-bond acceptors (Lipinski definition) is 2. The summed E-state index contributed by atoms with van der Waals surface area (Å²) in [6.45, 7) is 10.4. The van der Waals surface area contributed by atoms with E-state index in [0.29, 0.717) is 5.92 Å². The molecule has 0 radical (unpaired) electrons. The van der Waals surface area contributed by atoms with Gasteiger partial charge in [0.1, 0.15) is 0 Å². The van der Waals surface area contributed by atoms with E-state index in [9.17, 15) is 0 Å². The molecule has 1 N–H and O–H groups in total. The van der Waals surface area contributed by atoms with Crippen LogP contribution >= 0.6 is 0 Å². The molecule has 0 aliphatic heterocycles. The molecule has 1 atom stereocenters. The Morgan fingerprint density at radius 1 is 1.21 bits per heavy atom. The third-order valence-corrected chi connectivity index (χ3v) is 3.49. The Bertz CT molecular complexity index is 338. The van der Waals surface area contributed by atoms with Crippen molar-refractivity contribution in [3.8, 4) is 0 Å². The van der Waals surface area contributed by atoms with Gasteiger partial charge in [-0.2, -0.15) is 0 Å². The first-order valence-electron chi connectivity index (χ1n) is 7.63. The Hall–Kier alpha value is -0.860. The second kappa shape index (κ2) is 9.99. The molecule has 2 heteroatoms. The van der Waals surface area contributed by atoms with Crippen LogP contribution in [0.4, 0.5) is 0 Å². The Morgan fingerprint density at radius 2 is 2.00 bits per heavy atom. The second-order valence-corrected chi connectivity index (χ2v) is 5.10. The third kappa shape index (κ3) is 6.22. The largest absolute Gasteiger partial charge is 0.382 e. The molecule has 0 amide bonds. The van der Waals surface area contributed by atoms with E-state index >= 15 is 0 Å². The standard InChI is InChI=1S/C17H29NO/c1-4-12-18-14-16(10-8-13-19-5-2)17-11-7-6-9-15(17)3/h6-7,9,11,16,18H,4-5,8,10,12-14H2,1-3H3. The first kappa shape index (κ1) is 16.2. The van der Waals surface area contributed by atoms with Crippen LogP contribution in [0.25, 0.3) is 0 Å². The minimum absolute atomic E-state index is 0.605. The highest BCUT2D eigenvalue weighted by Crippen LogP contribution is 2.23. The summed E-state index contributed by atoms with van der Waals surface area (Å²) in [7, 11) is 0. The predicted octanol–water partition coefficient (Wildman–Crippen LogP) is 3.89. The summed E-state index contributed by atoms with van der Waals surface area (Å²) in [6.07, 6.45) is 3.53. The van der Waals surface area contributed by atoms with Crippen molar-refractivity contribution in [2.24, 2.45) is 0 Å². The normalized spacial score (nSPS) is 12.6. The topological polar surface area (TPSA) is 21.3 Å². The van der Waals surface area contributed by atoms with E-state index in [2.05, 4.69) is 50.4 Å². The fourth-order valence-corrected chi connectivity index (χ4v) is 2.44. The Labute approximate surface area is 118 Å². The maximum Gasteiger partial charge on any atom is 0.0466 e. The van der Waals surface area contributed by atoms with Gasteiger partial charge in [-0.1, -0.05) is 31.2 Å². The summed E-state index contributed by atoms with van der Waals surface area (Å²) in [5.74, 6) is 0.605. The number of ether oxygens (including phenoxy) is 1. The fourth-order valence-electron chi connectivity index (χ4n) is 2.44. The fraction of sp³-hybridized carbons (Fsp3) is 0.647. The van der Waals surface area contributed by atoms with Crippen LogP contribution < -0.4 is 5.32 Å². The van der Waals surface area contributed by atoms with Crippen LogP contribution in [0.1, 0.15) is 50.2 Å². The van der Waals surface area contributed by atoms with Crippen molar-refractivity contribution < 1.29 is 4.74 Å². The zero-order valence-electron chi connectivity index (χ0n) is 12.7. The zero-order chi connectivity index (χ0) is 13.9. The van der Waals surface area contributed by atoms with Gasteiger partial charge in [0.15, 0.2) is 0 Å². The van der Waals surface area contributed by atoms with Gasteiger partial charge in [0.05, 0.1) is 0 Å². The van der Waals surface area contributed by atoms with E-state index in [0.717, 1.165) is 32.7 Å². The van der Waals surface area contributed by atoms with Crippen molar-refractivity contribution in [2.75, 3.05) is 26.3 Å². The Kier molecular flexibility index (Phi) is 8.52. The van der Waals surface area contributed by atoms with Crippen molar-refractivity contribution in [3.63, 3.8) is 0 Å². The van der Waals surface area contributed by atoms with Gasteiger partial charge in [-0.25, -0.2) is 0 Å². The van der Waals surface area contributed by atoms with Crippen LogP contribution in [0.3, 0.4) is 0 Å². The van der Waals surface area contributed by atoms with Gasteiger partial charge in [0.25, 0.3) is 0 Å². The van der Waals surface area contributed by atoms with Gasteiger partial charge >= 0.3 is 0 Å². The van der Waals surface area contributed by atoms with E-state index in [1.807, 2.05) is 0 Å². The van der Waals surface area contributed by atoms with E-state index in [1.165, 1.54) is 24.0 Å². The van der Waals surface area contributed by atoms with Crippen LogP contribution in [0.2, 0.25) is 0 Å². The van der Waals surface area contributed by atoms with Gasteiger partial charge in [0, 0.05) is 19.8 Å². The number of aryl methyl sites for hydroxylation is 1. The number of nitrogens with one attached hydrogen (secondary N) is 1. The van der Waals surface area contributed by atoms with Crippen LogP contribution in [0.5, 0.6) is 0 Å². The lowest BCUT2D eigenvalue weighted by Gasteiger charge is -2.20. The first-order chi connectivity index (χ1) is 9.29. The molecule has 0 aliphatic carbocycles. The van der Waals surface area contributed by atoms with Crippen LogP contribution in [0.15, 0.2) is 24.3 Å². The van der Waals surface area contributed by atoms with E-state index < -0.39 is 0 Å². The van der Waals surface area contributed by atoms with Crippen LogP contribution in [-0.4, -0.2) is 26.3 Å². The Morgan fingerprint density at radius 3 is 2.68 bits per heavy atom. The molecule has 0 spiro atoms. The van der Waals surface area contributed by atoms with Crippen molar-refractivity contribution in [1.82, 2.24) is 5.32 Å². The molecule has 0 saturated carbocycles. The maximum absolute atomic E-state index is 5.46. The minimum atomic E-state index is 0.605. The molecule has 0 fully saturated rings. The average molecular weight is 263 g/mol. The summed E-state index contributed by atoms with van der Waals surface area (Å²) in [5.41, 5.74) is 2.89. The zero-order valence-corrected chi connectivity index (χ0v) is 12.7. The maximum atomic E-state index is 5.46. The van der Waals surface area contributed by atoms with Gasteiger partial charge in [-0.3, -0.25) is 0 Å². The lowest BCUT2D eigenvalue weighted by atomic mass is 9.91. The Balaban J connectivity index is 2.55. The molecule has 0 aromatic heterocycles. The molecular weight excluding hydrogens is 234 g/mol. The molecule has 1 aromatic rings. The average Bonchev–Trinajstić information content (AvgIpc) is 2.42. The van der Waals surface area contributed by atoms with Crippen molar-refractivity contribution in [3.05, 3.63) is 35.4 Å². The highest BCUT2D eigenvalue weighted by Gasteiger charge is 2.12. The van der Waals surface area contributed by atoms with Crippen LogP contribution in [-0.2, 0) is 4.74 Å². The smallest absolute Gasteiger partial charge is 0.0466 e. The van der Waals surface area contributed by atoms with E-state index in [-0.39, 0.29) is 0 Å². The number of benzene rings is 1. The molecular formula is C17H29NO. The van der Waals surface area contributed by atoms with Crippen molar-refractivity contribution in [2.45, 2.75) is 46.0 Å². The summed E-state index contributed by atoms with van der Waals surface area (Å²) in [6, 6.07) is 8.76. The monoisotopic (exact) mass is 263 g/mol. The van der Waals surface area contributed by atoms with Crippen molar-refractivity contribution >= 4 is 0 Å². The van der Waals surface area contributed by atoms with E-state index in [4.69, 9.17) is 4.74 Å². The predicted molar refractivity (Wildman–Crippen MR) is 82.8 cm³/mol. The van der Waals surface area contributed by atoms with Gasteiger partial charge in [-0.15, -0.1) is 0 Å². The molecule has 1 rings (SSSR count). The molecule has 1 unspecified atom stereocenters. The summed E-state index contributed by atoms with van der Waals surface area (Å²) < 4.78 is 5.46. The summed E-state index contributed by atoms with van der Waals surface area (Å²) in [5, 5.41) is 3.56. The molecule has 0 heterocycles. The molecule has 0 aliphatic rings. The molecule has 1 aromatic carbocycles. The SMILES string of the molecule is CCCNCC(CCCOCC)c1ccccc1C. The van der Waals surface area contributed by atoms with Crippen LogP contribution in [0, 0.1) is 6.92 Å². The number of rotatable bonds is 10. The quantitative estimate of drug-likeness (QED) is 0.647. The summed E-state index contributed by atoms with van der Waals surface area (Å²) >= 11 is 0. The number of hydrogen-bond donors (Lipinski definition) is 1. The molecule has 2 nitrogen and oxygen atoms in total. The van der Waals surface area contributed by atoms with Gasteiger partial charge in [0.2, 0.25) is 0 Å². The lowest BCUT2D eigenvalue weighted by molar-refractivity contribution is 0.141. The van der Waals surface area contributed by atoms with Gasteiger partial charge in [-0.05, 0) is 56.7 Å². The molecule has 108 valence electrons. The second-order valence-electron chi connectivity index (χ2n) is 5.10. The van der Waals surface area contributed by atoms with Crippen molar-refractivity contribution in [1.29, 1.82) is 0 Å². The van der Waals surface area contributed by atoms with E-state index in [1.54, 1.807) is 0 Å². The highest BCUT2D eigenvalue weighted by atomic mass is 16.5. The molecule has 0 bridgehead atoms. The molecule has 19 heavy (non-hydrogen) atoms. The van der Waals surface area contributed by atoms with Gasteiger partial charge < -0.3 is 10.1 Å². The summed E-state index contributed by atoms with van der Waals surface area (Å²) in [4.78, 5) is 0. The third-order valence-electron chi connectivity index (χ3n) is 3.49. The highest BCUT2D eigenvalue weighted by molar-refractivity contribution is 5.29. The minimum Gasteiger partial charge on any atom is -0.382 e.